The minimum atomic E-state index is -0.492. The summed E-state index contributed by atoms with van der Waals surface area (Å²) in [6.07, 6.45) is 2.00. The third-order valence-electron chi connectivity index (χ3n) is 4.73. The smallest absolute Gasteiger partial charge is 0.260 e. The molecular formula is C20H16FN3O2. The van der Waals surface area contributed by atoms with Crippen molar-refractivity contribution in [2.45, 2.75) is 12.3 Å². The largest absolute Gasteiger partial charge is 0.369 e. The van der Waals surface area contributed by atoms with Gasteiger partial charge in [-0.25, -0.2) is 4.39 Å². The summed E-state index contributed by atoms with van der Waals surface area (Å²) in [5.74, 6) is -1.68. The van der Waals surface area contributed by atoms with E-state index in [2.05, 4.69) is 4.98 Å². The zero-order valence-corrected chi connectivity index (χ0v) is 13.9. The first kappa shape index (κ1) is 16.2. The van der Waals surface area contributed by atoms with Gasteiger partial charge in [0.25, 0.3) is 5.91 Å². The molecule has 1 aliphatic rings. The van der Waals surface area contributed by atoms with Crippen LogP contribution in [0.5, 0.6) is 0 Å². The molecular weight excluding hydrogens is 333 g/mol. The Hall–Kier alpha value is -3.28. The van der Waals surface area contributed by atoms with Crippen molar-refractivity contribution >= 4 is 28.4 Å². The standard InChI is InChI=1S/C20H16FN3O2/c21-13-10-12-4-3-8-23-18(12)16(11-13)20(26)24-9-7-15(19(22)25)14-5-1-2-6-17(14)24/h1-6,8,10-11,15H,7,9H2,(H2,22,25)/t15-/m0/s1. The molecule has 2 amide bonds. The molecule has 0 radical (unpaired) electrons. The van der Waals surface area contributed by atoms with E-state index in [1.807, 2.05) is 6.07 Å². The predicted octanol–water partition coefficient (Wildman–Crippen LogP) is 2.99. The lowest BCUT2D eigenvalue weighted by molar-refractivity contribution is -0.119. The third kappa shape index (κ3) is 2.60. The minimum Gasteiger partial charge on any atom is -0.369 e. The van der Waals surface area contributed by atoms with Crippen molar-refractivity contribution in [3.8, 4) is 0 Å². The molecule has 5 nitrogen and oxygen atoms in total. The van der Waals surface area contributed by atoms with Gasteiger partial charge in [0, 0.05) is 23.8 Å². The SMILES string of the molecule is NC(=O)[C@H]1CCN(C(=O)c2cc(F)cc3cccnc23)c2ccccc21. The van der Waals surface area contributed by atoms with Crippen LogP contribution in [0.2, 0.25) is 0 Å². The maximum Gasteiger partial charge on any atom is 0.260 e. The van der Waals surface area contributed by atoms with E-state index in [9.17, 15) is 14.0 Å². The molecule has 1 aromatic heterocycles. The minimum absolute atomic E-state index is 0.202. The van der Waals surface area contributed by atoms with Crippen LogP contribution >= 0.6 is 0 Å². The summed E-state index contributed by atoms with van der Waals surface area (Å²) in [4.78, 5) is 30.8. The topological polar surface area (TPSA) is 76.3 Å². The number of para-hydroxylation sites is 1. The molecule has 0 saturated carbocycles. The number of benzene rings is 2. The van der Waals surface area contributed by atoms with Crippen LogP contribution in [0, 0.1) is 5.82 Å². The second-order valence-corrected chi connectivity index (χ2v) is 6.29. The monoisotopic (exact) mass is 349 g/mol. The quantitative estimate of drug-likeness (QED) is 0.773. The molecule has 0 spiro atoms. The zero-order valence-electron chi connectivity index (χ0n) is 13.9. The third-order valence-corrected chi connectivity index (χ3v) is 4.73. The van der Waals surface area contributed by atoms with Crippen molar-refractivity contribution in [1.29, 1.82) is 0 Å². The van der Waals surface area contributed by atoms with E-state index in [4.69, 9.17) is 5.73 Å². The molecule has 2 heterocycles. The first-order valence-electron chi connectivity index (χ1n) is 8.30. The van der Waals surface area contributed by atoms with Crippen molar-refractivity contribution < 1.29 is 14.0 Å². The molecule has 3 aromatic rings. The lowest BCUT2D eigenvalue weighted by atomic mass is 9.89. The number of amides is 2. The van der Waals surface area contributed by atoms with Crippen LogP contribution in [0.4, 0.5) is 10.1 Å². The lowest BCUT2D eigenvalue weighted by Crippen LogP contribution is -2.39. The van der Waals surface area contributed by atoms with E-state index >= 15 is 0 Å². The van der Waals surface area contributed by atoms with Gasteiger partial charge in [-0.1, -0.05) is 24.3 Å². The molecule has 0 saturated heterocycles. The summed E-state index contributed by atoms with van der Waals surface area (Å²) in [7, 11) is 0. The predicted molar refractivity (Wildman–Crippen MR) is 96.4 cm³/mol. The summed E-state index contributed by atoms with van der Waals surface area (Å²) in [6, 6.07) is 13.2. The second-order valence-electron chi connectivity index (χ2n) is 6.29. The van der Waals surface area contributed by atoms with E-state index in [-0.39, 0.29) is 11.5 Å². The van der Waals surface area contributed by atoms with Crippen molar-refractivity contribution in [2.75, 3.05) is 11.4 Å². The van der Waals surface area contributed by atoms with Crippen LogP contribution in [0.25, 0.3) is 10.9 Å². The fraction of sp³-hybridized carbons (Fsp3) is 0.150. The fourth-order valence-electron chi connectivity index (χ4n) is 3.53. The highest BCUT2D eigenvalue weighted by Gasteiger charge is 2.32. The van der Waals surface area contributed by atoms with Crippen molar-refractivity contribution in [3.63, 3.8) is 0 Å². The number of nitrogens with two attached hydrogens (primary N) is 1. The zero-order chi connectivity index (χ0) is 18.3. The van der Waals surface area contributed by atoms with Crippen LogP contribution in [0.3, 0.4) is 0 Å². The fourth-order valence-corrected chi connectivity index (χ4v) is 3.53. The first-order valence-corrected chi connectivity index (χ1v) is 8.30. The van der Waals surface area contributed by atoms with Gasteiger partial charge in [-0.05, 0) is 36.2 Å². The Kier molecular flexibility index (Phi) is 3.88. The van der Waals surface area contributed by atoms with Gasteiger partial charge in [-0.15, -0.1) is 0 Å². The molecule has 0 bridgehead atoms. The molecule has 2 aromatic carbocycles. The number of rotatable bonds is 2. The van der Waals surface area contributed by atoms with Gasteiger partial charge in [-0.2, -0.15) is 0 Å². The van der Waals surface area contributed by atoms with E-state index < -0.39 is 17.6 Å². The van der Waals surface area contributed by atoms with E-state index in [0.717, 1.165) is 0 Å². The maximum absolute atomic E-state index is 14.0. The molecule has 6 heteroatoms. The molecule has 1 aliphatic heterocycles. The van der Waals surface area contributed by atoms with Gasteiger partial charge >= 0.3 is 0 Å². The van der Waals surface area contributed by atoms with Crippen molar-refractivity contribution in [3.05, 3.63) is 71.7 Å². The molecule has 4 rings (SSSR count). The average molecular weight is 349 g/mol. The molecule has 0 fully saturated rings. The number of halogens is 1. The first-order chi connectivity index (χ1) is 12.6. The number of anilines is 1. The van der Waals surface area contributed by atoms with Gasteiger partial charge in [0.1, 0.15) is 5.82 Å². The molecule has 130 valence electrons. The Morgan fingerprint density at radius 2 is 1.96 bits per heavy atom. The van der Waals surface area contributed by atoms with Crippen LogP contribution < -0.4 is 10.6 Å². The van der Waals surface area contributed by atoms with Crippen LogP contribution in [0.15, 0.2) is 54.7 Å². The van der Waals surface area contributed by atoms with Crippen LogP contribution in [0.1, 0.15) is 28.3 Å². The van der Waals surface area contributed by atoms with E-state index in [0.29, 0.717) is 35.1 Å². The Morgan fingerprint density at radius 1 is 1.15 bits per heavy atom. The number of fused-ring (bicyclic) bond motifs is 2. The van der Waals surface area contributed by atoms with Gasteiger partial charge in [0.2, 0.25) is 5.91 Å². The lowest BCUT2D eigenvalue weighted by Gasteiger charge is -2.33. The normalized spacial score (nSPS) is 16.3. The number of primary amides is 1. The molecule has 26 heavy (non-hydrogen) atoms. The summed E-state index contributed by atoms with van der Waals surface area (Å²) in [5, 5.41) is 0.566. The Labute approximate surface area is 149 Å². The molecule has 2 N–H and O–H groups in total. The molecule has 1 atom stereocenters. The Morgan fingerprint density at radius 3 is 2.77 bits per heavy atom. The summed E-state index contributed by atoms with van der Waals surface area (Å²) in [6.45, 7) is 0.328. The van der Waals surface area contributed by atoms with Gasteiger partial charge in [0.05, 0.1) is 17.0 Å². The Balaban J connectivity index is 1.83. The second kappa shape index (κ2) is 6.22. The average Bonchev–Trinajstić information content (AvgIpc) is 2.65. The summed E-state index contributed by atoms with van der Waals surface area (Å²) < 4.78 is 14.0. The number of carbonyl (C=O) groups is 2. The van der Waals surface area contributed by atoms with Gasteiger partial charge in [-0.3, -0.25) is 14.6 Å². The number of pyridine rings is 1. The van der Waals surface area contributed by atoms with E-state index in [1.165, 1.54) is 12.1 Å². The highest BCUT2D eigenvalue weighted by molar-refractivity contribution is 6.13. The van der Waals surface area contributed by atoms with Crippen LogP contribution in [-0.2, 0) is 4.79 Å². The summed E-state index contributed by atoms with van der Waals surface area (Å²) in [5.41, 5.74) is 7.50. The summed E-state index contributed by atoms with van der Waals surface area (Å²) >= 11 is 0. The maximum atomic E-state index is 14.0. The molecule has 0 unspecified atom stereocenters. The highest BCUT2D eigenvalue weighted by atomic mass is 19.1. The van der Waals surface area contributed by atoms with Crippen molar-refractivity contribution in [2.24, 2.45) is 5.73 Å². The Bertz CT molecular complexity index is 1030. The number of carbonyl (C=O) groups excluding carboxylic acids is 2. The highest BCUT2D eigenvalue weighted by Crippen LogP contribution is 2.36. The number of aromatic nitrogens is 1. The van der Waals surface area contributed by atoms with Crippen LogP contribution in [-0.4, -0.2) is 23.3 Å². The molecule has 0 aliphatic carbocycles. The number of hydrogen-bond acceptors (Lipinski definition) is 3. The number of hydrogen-bond donors (Lipinski definition) is 1. The van der Waals surface area contributed by atoms with Gasteiger partial charge in [0.15, 0.2) is 0 Å². The number of nitrogens with zero attached hydrogens (tertiary/aromatic N) is 2. The van der Waals surface area contributed by atoms with E-state index in [1.54, 1.807) is 41.4 Å². The van der Waals surface area contributed by atoms with Gasteiger partial charge < -0.3 is 10.6 Å². The van der Waals surface area contributed by atoms with Crippen molar-refractivity contribution in [1.82, 2.24) is 4.98 Å².